The van der Waals surface area contributed by atoms with Crippen LogP contribution in [0.1, 0.15) is 38.5 Å². The van der Waals surface area contributed by atoms with Crippen molar-refractivity contribution in [2.24, 2.45) is 11.5 Å². The maximum Gasteiger partial charge on any atom is 0.389 e. The van der Waals surface area contributed by atoms with E-state index in [0.717, 1.165) is 0 Å². The van der Waals surface area contributed by atoms with Crippen LogP contribution in [0.25, 0.3) is 0 Å². The van der Waals surface area contributed by atoms with Crippen LogP contribution >= 0.6 is 0 Å². The molecule has 0 aromatic heterocycles. The zero-order chi connectivity index (χ0) is 19.6. The topological polar surface area (TPSA) is 127 Å². The molecule has 12 heteroatoms. The fraction of sp³-hybridized carbons (Fsp3) is 0.833. The SMILES string of the molecule is N[C@@H](CCCC(F)(F)F)C(=O)O.N[C@H](CCCC(F)(F)F)C(=O)O. The van der Waals surface area contributed by atoms with Gasteiger partial charge in [0.25, 0.3) is 0 Å². The Morgan fingerprint density at radius 3 is 1.17 bits per heavy atom. The van der Waals surface area contributed by atoms with E-state index in [1.807, 2.05) is 0 Å². The van der Waals surface area contributed by atoms with E-state index in [1.165, 1.54) is 0 Å². The van der Waals surface area contributed by atoms with Crippen LogP contribution in [0.15, 0.2) is 0 Å². The molecule has 0 saturated carbocycles. The molecule has 0 bridgehead atoms. The number of nitrogens with two attached hydrogens (primary N) is 2. The molecule has 0 spiro atoms. The summed E-state index contributed by atoms with van der Waals surface area (Å²) in [6, 6.07) is -2.38. The Hall–Kier alpha value is -1.56. The number of aliphatic carboxylic acids is 2. The van der Waals surface area contributed by atoms with Gasteiger partial charge < -0.3 is 21.7 Å². The Bertz CT molecular complexity index is 351. The zero-order valence-corrected chi connectivity index (χ0v) is 12.5. The summed E-state index contributed by atoms with van der Waals surface area (Å²) in [4.78, 5) is 20.1. The Kier molecular flexibility index (Phi) is 11.4. The average Bonchev–Trinajstić information content (AvgIpc) is 2.35. The maximum absolute atomic E-state index is 11.5. The third kappa shape index (κ3) is 18.5. The van der Waals surface area contributed by atoms with Crippen molar-refractivity contribution in [2.75, 3.05) is 0 Å². The molecule has 0 rings (SSSR count). The first kappa shape index (κ1) is 24.7. The molecule has 0 aromatic carbocycles. The summed E-state index contributed by atoms with van der Waals surface area (Å²) < 4.78 is 69.1. The van der Waals surface area contributed by atoms with Crippen LogP contribution in [0.5, 0.6) is 0 Å². The quantitative estimate of drug-likeness (QED) is 0.486. The fourth-order valence-electron chi connectivity index (χ4n) is 1.29. The monoisotopic (exact) mass is 370 g/mol. The van der Waals surface area contributed by atoms with E-state index in [9.17, 15) is 35.9 Å². The number of hydrogen-bond donors (Lipinski definition) is 4. The minimum Gasteiger partial charge on any atom is -0.480 e. The van der Waals surface area contributed by atoms with Gasteiger partial charge in [-0.3, -0.25) is 9.59 Å². The van der Waals surface area contributed by atoms with Crippen molar-refractivity contribution in [1.82, 2.24) is 0 Å². The number of halogens is 6. The predicted molar refractivity (Wildman–Crippen MR) is 71.0 cm³/mol. The Labute approximate surface area is 133 Å². The third-order valence-corrected chi connectivity index (χ3v) is 2.59. The van der Waals surface area contributed by atoms with E-state index in [0.29, 0.717) is 0 Å². The largest absolute Gasteiger partial charge is 0.480 e. The van der Waals surface area contributed by atoms with Crippen LogP contribution in [0.3, 0.4) is 0 Å². The number of carboxylic acid groups (broad SMARTS) is 2. The van der Waals surface area contributed by atoms with Gasteiger partial charge in [-0.2, -0.15) is 26.3 Å². The van der Waals surface area contributed by atoms with Crippen molar-refractivity contribution in [2.45, 2.75) is 63.0 Å². The lowest BCUT2D eigenvalue weighted by Crippen LogP contribution is -2.30. The highest BCUT2D eigenvalue weighted by atomic mass is 19.4. The van der Waals surface area contributed by atoms with Crippen molar-refractivity contribution in [3.05, 3.63) is 0 Å². The molecule has 0 fully saturated rings. The first-order chi connectivity index (χ1) is 10.7. The van der Waals surface area contributed by atoms with Crippen molar-refractivity contribution >= 4 is 11.9 Å². The van der Waals surface area contributed by atoms with Crippen LogP contribution < -0.4 is 11.5 Å². The number of carbonyl (C=O) groups is 2. The van der Waals surface area contributed by atoms with Gasteiger partial charge in [0.1, 0.15) is 12.1 Å². The molecule has 0 unspecified atom stereocenters. The van der Waals surface area contributed by atoms with Crippen molar-refractivity contribution in [3.8, 4) is 0 Å². The van der Waals surface area contributed by atoms with E-state index in [-0.39, 0.29) is 25.7 Å². The van der Waals surface area contributed by atoms with Crippen LogP contribution in [-0.2, 0) is 9.59 Å². The fourth-order valence-corrected chi connectivity index (χ4v) is 1.29. The van der Waals surface area contributed by atoms with Gasteiger partial charge in [0.05, 0.1) is 0 Å². The van der Waals surface area contributed by atoms with Crippen LogP contribution in [-0.4, -0.2) is 46.6 Å². The maximum atomic E-state index is 11.5. The number of alkyl halides is 6. The molecule has 0 aliphatic heterocycles. The van der Waals surface area contributed by atoms with Gasteiger partial charge in [0.15, 0.2) is 0 Å². The van der Waals surface area contributed by atoms with Gasteiger partial charge in [-0.15, -0.1) is 0 Å². The van der Waals surface area contributed by atoms with Gasteiger partial charge in [-0.05, 0) is 25.7 Å². The summed E-state index contributed by atoms with van der Waals surface area (Å²) in [5, 5.41) is 16.4. The molecular weight excluding hydrogens is 350 g/mol. The number of rotatable bonds is 8. The standard InChI is InChI=1S/2C6H10F3NO2/c2*7-6(8,9)3-1-2-4(10)5(11)12/h2*4H,1-3,10H2,(H,11,12)/t2*4-/m10/s1. The number of hydrogen-bond acceptors (Lipinski definition) is 4. The second kappa shape index (κ2) is 11.1. The Morgan fingerprint density at radius 2 is 1.00 bits per heavy atom. The van der Waals surface area contributed by atoms with E-state index in [4.69, 9.17) is 21.7 Å². The lowest BCUT2D eigenvalue weighted by atomic mass is 10.1. The number of carboxylic acids is 2. The van der Waals surface area contributed by atoms with E-state index < -0.39 is 49.2 Å². The van der Waals surface area contributed by atoms with E-state index in [1.54, 1.807) is 0 Å². The zero-order valence-electron chi connectivity index (χ0n) is 12.5. The molecule has 0 aliphatic carbocycles. The highest BCUT2D eigenvalue weighted by Gasteiger charge is 2.27. The molecule has 0 heterocycles. The van der Waals surface area contributed by atoms with Crippen LogP contribution in [0.2, 0.25) is 0 Å². The van der Waals surface area contributed by atoms with Crippen molar-refractivity contribution in [1.29, 1.82) is 0 Å². The van der Waals surface area contributed by atoms with Crippen LogP contribution in [0, 0.1) is 0 Å². The Balaban J connectivity index is 0. The van der Waals surface area contributed by atoms with Crippen LogP contribution in [0.4, 0.5) is 26.3 Å². The third-order valence-electron chi connectivity index (χ3n) is 2.59. The molecule has 0 saturated heterocycles. The highest BCUT2D eigenvalue weighted by Crippen LogP contribution is 2.23. The normalized spacial score (nSPS) is 14.3. The van der Waals surface area contributed by atoms with Crippen molar-refractivity contribution < 1.29 is 46.1 Å². The second-order valence-corrected chi connectivity index (χ2v) is 4.90. The Morgan fingerprint density at radius 1 is 0.750 bits per heavy atom. The molecule has 0 aliphatic rings. The molecule has 0 aromatic rings. The van der Waals surface area contributed by atoms with Gasteiger partial charge in [-0.1, -0.05) is 0 Å². The summed E-state index contributed by atoms with van der Waals surface area (Å²) in [6.45, 7) is 0. The summed E-state index contributed by atoms with van der Waals surface area (Å²) in [7, 11) is 0. The van der Waals surface area contributed by atoms with Gasteiger partial charge >= 0.3 is 24.3 Å². The molecule has 6 N–H and O–H groups in total. The molecule has 0 radical (unpaired) electrons. The first-order valence-electron chi connectivity index (χ1n) is 6.76. The minimum atomic E-state index is -4.22. The van der Waals surface area contributed by atoms with E-state index >= 15 is 0 Å². The lowest BCUT2D eigenvalue weighted by Gasteiger charge is -2.07. The molecule has 0 amide bonds. The smallest absolute Gasteiger partial charge is 0.389 e. The molecule has 2 atom stereocenters. The lowest BCUT2D eigenvalue weighted by molar-refractivity contribution is -0.142. The van der Waals surface area contributed by atoms with Gasteiger partial charge in [0.2, 0.25) is 0 Å². The summed E-state index contributed by atoms with van der Waals surface area (Å²) in [5.74, 6) is -2.53. The van der Waals surface area contributed by atoms with E-state index in [2.05, 4.69) is 0 Å². The van der Waals surface area contributed by atoms with Gasteiger partial charge in [-0.25, -0.2) is 0 Å². The highest BCUT2D eigenvalue weighted by molar-refractivity contribution is 5.73. The molecular formula is C12H20F6N2O4. The first-order valence-corrected chi connectivity index (χ1v) is 6.76. The summed E-state index contributed by atoms with van der Waals surface area (Å²) in [6.07, 6.45) is -11.2. The average molecular weight is 370 g/mol. The summed E-state index contributed by atoms with van der Waals surface area (Å²) >= 11 is 0. The molecule has 24 heavy (non-hydrogen) atoms. The molecule has 144 valence electrons. The predicted octanol–water partition coefficient (Wildman–Crippen LogP) is 2.26. The summed E-state index contributed by atoms with van der Waals surface area (Å²) in [5.41, 5.74) is 9.96. The second-order valence-electron chi connectivity index (χ2n) is 4.90. The molecule has 6 nitrogen and oxygen atoms in total. The van der Waals surface area contributed by atoms with Crippen molar-refractivity contribution in [3.63, 3.8) is 0 Å². The van der Waals surface area contributed by atoms with Gasteiger partial charge in [0, 0.05) is 12.8 Å². The minimum absolute atomic E-state index is 0.144.